The molecule has 0 bridgehead atoms. The first kappa shape index (κ1) is 17.5. The second-order valence-electron chi connectivity index (χ2n) is 7.03. The lowest BCUT2D eigenvalue weighted by atomic mass is 10.1. The molecule has 1 N–H and O–H groups in total. The van der Waals surface area contributed by atoms with Gasteiger partial charge in [-0.15, -0.1) is 0 Å². The molecule has 6 heteroatoms. The summed E-state index contributed by atoms with van der Waals surface area (Å²) < 4.78 is 0. The Morgan fingerprint density at radius 3 is 2.76 bits per heavy atom. The molecule has 1 fully saturated rings. The van der Waals surface area contributed by atoms with Crippen LogP contribution < -0.4 is 15.1 Å². The molecule has 3 amide bonds. The monoisotopic (exact) mass is 343 g/mol. The molecule has 2 aliphatic heterocycles. The van der Waals surface area contributed by atoms with E-state index in [4.69, 9.17) is 0 Å². The lowest BCUT2D eigenvalue weighted by Gasteiger charge is -2.20. The molecule has 134 valence electrons. The fraction of sp³-hybridized carbons (Fsp3) is 0.526. The molecule has 25 heavy (non-hydrogen) atoms. The molecule has 2 aliphatic rings. The molecule has 1 unspecified atom stereocenters. The minimum atomic E-state index is -0.304. The normalized spacial score (nSPS) is 19.5. The van der Waals surface area contributed by atoms with Gasteiger partial charge >= 0.3 is 0 Å². The van der Waals surface area contributed by atoms with Gasteiger partial charge in [-0.1, -0.05) is 6.92 Å². The molecule has 1 atom stereocenters. The molecule has 1 saturated heterocycles. The molecule has 0 radical (unpaired) electrons. The topological polar surface area (TPSA) is 69.7 Å². The molecule has 1 aromatic rings. The van der Waals surface area contributed by atoms with Crippen LogP contribution in [-0.4, -0.2) is 36.9 Å². The Hall–Kier alpha value is -2.37. The fourth-order valence-electron chi connectivity index (χ4n) is 3.54. The third kappa shape index (κ3) is 3.38. The quantitative estimate of drug-likeness (QED) is 0.907. The van der Waals surface area contributed by atoms with Crippen molar-refractivity contribution in [3.8, 4) is 0 Å². The molecule has 3 rings (SSSR count). The minimum Gasteiger partial charge on any atom is -0.354 e. The van der Waals surface area contributed by atoms with Crippen LogP contribution in [0.25, 0.3) is 0 Å². The van der Waals surface area contributed by atoms with Gasteiger partial charge in [0.1, 0.15) is 0 Å². The van der Waals surface area contributed by atoms with E-state index in [-0.39, 0.29) is 36.1 Å². The fourth-order valence-corrected chi connectivity index (χ4v) is 3.54. The predicted molar refractivity (Wildman–Crippen MR) is 96.5 cm³/mol. The summed E-state index contributed by atoms with van der Waals surface area (Å²) in [5.41, 5.74) is 2.84. The number of fused-ring (bicyclic) bond motifs is 1. The van der Waals surface area contributed by atoms with Gasteiger partial charge < -0.3 is 15.1 Å². The van der Waals surface area contributed by atoms with Gasteiger partial charge in [0.2, 0.25) is 17.7 Å². The Morgan fingerprint density at radius 1 is 1.32 bits per heavy atom. The van der Waals surface area contributed by atoms with Crippen LogP contribution in [0.15, 0.2) is 18.2 Å². The number of rotatable bonds is 4. The average Bonchev–Trinajstić information content (AvgIpc) is 3.16. The van der Waals surface area contributed by atoms with Crippen molar-refractivity contribution >= 4 is 29.1 Å². The lowest BCUT2D eigenvalue weighted by Crippen LogP contribution is -2.36. The van der Waals surface area contributed by atoms with Crippen molar-refractivity contribution in [1.82, 2.24) is 5.32 Å². The number of carbonyl (C=O) groups is 3. The van der Waals surface area contributed by atoms with Gasteiger partial charge in [-0.3, -0.25) is 14.4 Å². The number of nitrogens with zero attached hydrogens (tertiary/aromatic N) is 2. The van der Waals surface area contributed by atoms with Crippen LogP contribution in [0, 0.1) is 5.92 Å². The molecule has 0 spiro atoms. The van der Waals surface area contributed by atoms with Gasteiger partial charge in [0, 0.05) is 43.3 Å². The van der Waals surface area contributed by atoms with Gasteiger partial charge in [0.15, 0.2) is 0 Å². The zero-order valence-electron chi connectivity index (χ0n) is 15.0. The van der Waals surface area contributed by atoms with Crippen LogP contribution in [0.5, 0.6) is 0 Å². The SMILES string of the molecule is CCC(=O)N1CCc2cc(N3CC(C(=O)NC(C)C)CC3=O)ccc21. The van der Waals surface area contributed by atoms with Crippen LogP contribution in [-0.2, 0) is 20.8 Å². The van der Waals surface area contributed by atoms with E-state index in [1.807, 2.05) is 43.9 Å². The first-order valence-electron chi connectivity index (χ1n) is 8.94. The summed E-state index contributed by atoms with van der Waals surface area (Å²) in [6.07, 6.45) is 1.53. The average molecular weight is 343 g/mol. The summed E-state index contributed by atoms with van der Waals surface area (Å²) in [7, 11) is 0. The van der Waals surface area contributed by atoms with Crippen molar-refractivity contribution in [2.45, 2.75) is 46.1 Å². The van der Waals surface area contributed by atoms with Crippen molar-refractivity contribution in [3.63, 3.8) is 0 Å². The van der Waals surface area contributed by atoms with Gasteiger partial charge in [0.05, 0.1) is 5.92 Å². The number of hydrogen-bond donors (Lipinski definition) is 1. The maximum atomic E-state index is 12.4. The van der Waals surface area contributed by atoms with E-state index in [2.05, 4.69) is 5.32 Å². The van der Waals surface area contributed by atoms with Crippen molar-refractivity contribution in [2.24, 2.45) is 5.92 Å². The second kappa shape index (κ2) is 6.86. The lowest BCUT2D eigenvalue weighted by molar-refractivity contribution is -0.126. The van der Waals surface area contributed by atoms with Gasteiger partial charge in [-0.05, 0) is 44.0 Å². The van der Waals surface area contributed by atoms with Crippen molar-refractivity contribution in [1.29, 1.82) is 0 Å². The summed E-state index contributed by atoms with van der Waals surface area (Å²) in [5.74, 6) is -0.273. The van der Waals surface area contributed by atoms with Crippen molar-refractivity contribution in [2.75, 3.05) is 22.9 Å². The van der Waals surface area contributed by atoms with E-state index in [0.29, 0.717) is 19.5 Å². The number of hydrogen-bond acceptors (Lipinski definition) is 3. The maximum absolute atomic E-state index is 12.4. The summed E-state index contributed by atoms with van der Waals surface area (Å²) in [4.78, 5) is 40.1. The smallest absolute Gasteiger partial charge is 0.227 e. The van der Waals surface area contributed by atoms with E-state index in [1.54, 1.807) is 4.90 Å². The van der Waals surface area contributed by atoms with Gasteiger partial charge in [0.25, 0.3) is 0 Å². The summed E-state index contributed by atoms with van der Waals surface area (Å²) in [6.45, 7) is 6.79. The van der Waals surface area contributed by atoms with Crippen molar-refractivity contribution < 1.29 is 14.4 Å². The Kier molecular flexibility index (Phi) is 4.79. The molecular formula is C19H25N3O3. The summed E-state index contributed by atoms with van der Waals surface area (Å²) >= 11 is 0. The Morgan fingerprint density at radius 2 is 2.08 bits per heavy atom. The first-order valence-corrected chi connectivity index (χ1v) is 8.94. The second-order valence-corrected chi connectivity index (χ2v) is 7.03. The van der Waals surface area contributed by atoms with E-state index in [0.717, 1.165) is 23.4 Å². The number of carbonyl (C=O) groups excluding carboxylic acids is 3. The predicted octanol–water partition coefficient (Wildman–Crippen LogP) is 1.86. The molecule has 0 saturated carbocycles. The highest BCUT2D eigenvalue weighted by molar-refractivity contribution is 6.01. The van der Waals surface area contributed by atoms with E-state index < -0.39 is 0 Å². The van der Waals surface area contributed by atoms with Crippen LogP contribution in [0.3, 0.4) is 0 Å². The maximum Gasteiger partial charge on any atom is 0.227 e. The Bertz CT molecular complexity index is 714. The third-order valence-corrected chi connectivity index (χ3v) is 4.80. The first-order chi connectivity index (χ1) is 11.9. The molecular weight excluding hydrogens is 318 g/mol. The number of anilines is 2. The highest BCUT2D eigenvalue weighted by Crippen LogP contribution is 2.34. The molecule has 0 aromatic heterocycles. The summed E-state index contributed by atoms with van der Waals surface area (Å²) in [6, 6.07) is 5.85. The largest absolute Gasteiger partial charge is 0.354 e. The van der Waals surface area contributed by atoms with Crippen LogP contribution >= 0.6 is 0 Å². The van der Waals surface area contributed by atoms with Gasteiger partial charge in [-0.2, -0.15) is 0 Å². The third-order valence-electron chi connectivity index (χ3n) is 4.80. The minimum absolute atomic E-state index is 0.0247. The Labute approximate surface area is 148 Å². The number of amides is 3. The Balaban J connectivity index is 1.76. The zero-order chi connectivity index (χ0) is 18.1. The van der Waals surface area contributed by atoms with Gasteiger partial charge in [-0.25, -0.2) is 0 Å². The molecule has 2 heterocycles. The highest BCUT2D eigenvalue weighted by Gasteiger charge is 2.36. The zero-order valence-corrected chi connectivity index (χ0v) is 15.0. The molecule has 6 nitrogen and oxygen atoms in total. The van der Waals surface area contributed by atoms with E-state index in [1.165, 1.54) is 0 Å². The van der Waals surface area contributed by atoms with Crippen LogP contribution in [0.2, 0.25) is 0 Å². The van der Waals surface area contributed by atoms with Crippen LogP contribution in [0.1, 0.15) is 39.2 Å². The van der Waals surface area contributed by atoms with Crippen molar-refractivity contribution in [3.05, 3.63) is 23.8 Å². The standard InChI is InChI=1S/C19H25N3O3/c1-4-17(23)21-8-7-13-9-15(5-6-16(13)21)22-11-14(10-18(22)24)19(25)20-12(2)3/h5-6,9,12,14H,4,7-8,10-11H2,1-3H3,(H,20,25). The summed E-state index contributed by atoms with van der Waals surface area (Å²) in [5, 5.41) is 2.88. The number of nitrogens with one attached hydrogen (secondary N) is 1. The molecule has 0 aliphatic carbocycles. The number of benzene rings is 1. The van der Waals surface area contributed by atoms with E-state index >= 15 is 0 Å². The van der Waals surface area contributed by atoms with Crippen LogP contribution in [0.4, 0.5) is 11.4 Å². The molecule has 1 aromatic carbocycles. The van der Waals surface area contributed by atoms with E-state index in [9.17, 15) is 14.4 Å². The highest BCUT2D eigenvalue weighted by atomic mass is 16.2.